The van der Waals surface area contributed by atoms with Crippen molar-refractivity contribution in [2.24, 2.45) is 7.05 Å². The van der Waals surface area contributed by atoms with E-state index in [-0.39, 0.29) is 24.2 Å². The fourth-order valence-corrected chi connectivity index (χ4v) is 3.15. The summed E-state index contributed by atoms with van der Waals surface area (Å²) in [6.07, 6.45) is 1.44. The van der Waals surface area contributed by atoms with Crippen LogP contribution in [0.25, 0.3) is 0 Å². The van der Waals surface area contributed by atoms with Crippen LogP contribution in [0.3, 0.4) is 0 Å². The van der Waals surface area contributed by atoms with Crippen molar-refractivity contribution in [1.82, 2.24) is 9.47 Å². The molecule has 0 atom stereocenters. The summed E-state index contributed by atoms with van der Waals surface area (Å²) >= 11 is 0. The molecule has 0 saturated carbocycles. The van der Waals surface area contributed by atoms with Gasteiger partial charge in [0.2, 0.25) is 0 Å². The minimum absolute atomic E-state index is 0.00476. The molecule has 2 heterocycles. The van der Waals surface area contributed by atoms with E-state index in [1.165, 1.54) is 6.07 Å². The Morgan fingerprint density at radius 3 is 2.50 bits per heavy atom. The van der Waals surface area contributed by atoms with Gasteiger partial charge in [-0.05, 0) is 25.1 Å². The number of likely N-dealkylation sites (tertiary alicyclic amines) is 1. The number of pyridine rings is 1. The third kappa shape index (κ3) is 4.85. The molecule has 150 valence electrons. The van der Waals surface area contributed by atoms with Crippen molar-refractivity contribution in [3.63, 3.8) is 0 Å². The van der Waals surface area contributed by atoms with Gasteiger partial charge in [-0.1, -0.05) is 6.07 Å². The lowest BCUT2D eigenvalue weighted by Gasteiger charge is -2.32. The predicted octanol–water partition coefficient (Wildman–Crippen LogP) is 2.15. The molecule has 1 saturated heterocycles. The number of hydrogen-bond acceptors (Lipinski definition) is 5. The van der Waals surface area contributed by atoms with Crippen molar-refractivity contribution in [3.05, 3.63) is 52.4 Å². The van der Waals surface area contributed by atoms with Crippen LogP contribution in [-0.2, 0) is 11.8 Å². The van der Waals surface area contributed by atoms with E-state index in [2.05, 4.69) is 0 Å². The maximum absolute atomic E-state index is 12.4. The highest BCUT2D eigenvalue weighted by Crippen LogP contribution is 2.21. The van der Waals surface area contributed by atoms with Crippen LogP contribution in [0.5, 0.6) is 17.2 Å². The van der Waals surface area contributed by atoms with Gasteiger partial charge in [0, 0.05) is 50.8 Å². The molecule has 28 heavy (non-hydrogen) atoms. The van der Waals surface area contributed by atoms with E-state index in [1.54, 1.807) is 35.8 Å². The average Bonchev–Trinajstić information content (AvgIpc) is 2.71. The summed E-state index contributed by atoms with van der Waals surface area (Å²) in [4.78, 5) is 26.1. The van der Waals surface area contributed by atoms with Crippen molar-refractivity contribution < 1.29 is 19.0 Å². The smallest absolute Gasteiger partial charge is 0.260 e. The molecule has 1 amide bonds. The van der Waals surface area contributed by atoms with Gasteiger partial charge in [0.25, 0.3) is 11.5 Å². The zero-order chi connectivity index (χ0) is 20.1. The van der Waals surface area contributed by atoms with E-state index in [9.17, 15) is 9.59 Å². The molecule has 0 bridgehead atoms. The second kappa shape index (κ2) is 8.82. The molecular weight excluding hydrogens is 360 g/mol. The Balaban J connectivity index is 1.48. The number of rotatable bonds is 6. The first-order valence-corrected chi connectivity index (χ1v) is 9.35. The highest BCUT2D eigenvalue weighted by atomic mass is 16.5. The van der Waals surface area contributed by atoms with E-state index >= 15 is 0 Å². The topological polar surface area (TPSA) is 70.0 Å². The zero-order valence-corrected chi connectivity index (χ0v) is 16.5. The molecule has 0 radical (unpaired) electrons. The summed E-state index contributed by atoms with van der Waals surface area (Å²) in [5.41, 5.74) is 0.766. The number of ether oxygens (including phenoxy) is 3. The van der Waals surface area contributed by atoms with E-state index in [0.717, 1.165) is 18.5 Å². The number of aromatic nitrogens is 1. The first-order valence-electron chi connectivity index (χ1n) is 9.35. The molecule has 0 spiro atoms. The number of nitrogens with zero attached hydrogens (tertiary/aromatic N) is 2. The number of benzene rings is 1. The lowest BCUT2D eigenvalue weighted by atomic mass is 10.1. The van der Waals surface area contributed by atoms with Gasteiger partial charge < -0.3 is 23.7 Å². The lowest BCUT2D eigenvalue weighted by Crippen LogP contribution is -2.43. The highest BCUT2D eigenvalue weighted by Gasteiger charge is 2.24. The lowest BCUT2D eigenvalue weighted by molar-refractivity contribution is -0.135. The minimum atomic E-state index is -0.0858. The van der Waals surface area contributed by atoms with Crippen LogP contribution in [0, 0.1) is 6.92 Å². The molecule has 1 aromatic carbocycles. The summed E-state index contributed by atoms with van der Waals surface area (Å²) in [5.74, 6) is 1.83. The molecular formula is C21H26N2O5. The summed E-state index contributed by atoms with van der Waals surface area (Å²) in [7, 11) is 3.32. The van der Waals surface area contributed by atoms with Gasteiger partial charge in [-0.15, -0.1) is 0 Å². The quantitative estimate of drug-likeness (QED) is 0.761. The van der Waals surface area contributed by atoms with Crippen LogP contribution in [0.15, 0.2) is 41.2 Å². The van der Waals surface area contributed by atoms with Crippen LogP contribution < -0.4 is 19.8 Å². The van der Waals surface area contributed by atoms with Crippen LogP contribution in [-0.4, -0.2) is 48.3 Å². The summed E-state index contributed by atoms with van der Waals surface area (Å²) in [6.45, 7) is 3.08. The van der Waals surface area contributed by atoms with Crippen molar-refractivity contribution in [2.45, 2.75) is 25.9 Å². The molecule has 2 aromatic rings. The second-order valence-electron chi connectivity index (χ2n) is 6.90. The van der Waals surface area contributed by atoms with E-state index in [4.69, 9.17) is 14.2 Å². The number of aryl methyl sites for hydroxylation is 1. The second-order valence-corrected chi connectivity index (χ2v) is 6.90. The maximum Gasteiger partial charge on any atom is 0.260 e. The fraction of sp³-hybridized carbons (Fsp3) is 0.429. The first-order chi connectivity index (χ1) is 13.5. The molecule has 7 nitrogen and oxygen atoms in total. The number of methoxy groups -OCH3 is 1. The highest BCUT2D eigenvalue weighted by molar-refractivity contribution is 5.77. The Morgan fingerprint density at radius 1 is 1.11 bits per heavy atom. The van der Waals surface area contributed by atoms with Crippen molar-refractivity contribution in [2.75, 3.05) is 26.8 Å². The number of amides is 1. The molecule has 1 aliphatic heterocycles. The molecule has 1 fully saturated rings. The van der Waals surface area contributed by atoms with Gasteiger partial charge in [-0.25, -0.2) is 0 Å². The Hall–Kier alpha value is -2.96. The van der Waals surface area contributed by atoms with Crippen LogP contribution in [0.2, 0.25) is 0 Å². The largest absolute Gasteiger partial charge is 0.497 e. The van der Waals surface area contributed by atoms with Crippen LogP contribution >= 0.6 is 0 Å². The molecule has 1 aliphatic rings. The van der Waals surface area contributed by atoms with Crippen LogP contribution in [0.4, 0.5) is 0 Å². The zero-order valence-electron chi connectivity index (χ0n) is 16.5. The Kier molecular flexibility index (Phi) is 6.23. The third-order valence-corrected chi connectivity index (χ3v) is 4.98. The normalized spacial score (nSPS) is 14.6. The SMILES string of the molecule is COc1cccc(OCC(=O)N2CCC(Oc3cc(C)n(C)c(=O)c3)CC2)c1. The number of carbonyl (C=O) groups excluding carboxylic acids is 1. The third-order valence-electron chi connectivity index (χ3n) is 4.98. The summed E-state index contributed by atoms with van der Waals surface area (Å²) in [6, 6.07) is 10.6. The number of carbonyl (C=O) groups is 1. The predicted molar refractivity (Wildman–Crippen MR) is 105 cm³/mol. The van der Waals surface area contributed by atoms with Crippen molar-refractivity contribution in [3.8, 4) is 17.2 Å². The Labute approximate surface area is 164 Å². The average molecular weight is 386 g/mol. The van der Waals surface area contributed by atoms with E-state index in [0.29, 0.717) is 30.3 Å². The number of piperidine rings is 1. The summed E-state index contributed by atoms with van der Waals surface area (Å²) in [5, 5.41) is 0. The minimum Gasteiger partial charge on any atom is -0.497 e. The monoisotopic (exact) mass is 386 g/mol. The standard InChI is InChI=1S/C21H26N2O5/c1-15-11-19(13-20(24)22(15)2)28-16-7-9-23(10-8-16)21(25)14-27-18-6-4-5-17(12-18)26-3/h4-6,11-13,16H,7-10,14H2,1-3H3. The van der Waals surface area contributed by atoms with Gasteiger partial charge in [0.1, 0.15) is 23.4 Å². The first kappa shape index (κ1) is 19.8. The Bertz CT molecular complexity index is 885. The molecule has 3 rings (SSSR count). The molecule has 0 aliphatic carbocycles. The van der Waals surface area contributed by atoms with Crippen LogP contribution in [0.1, 0.15) is 18.5 Å². The molecule has 1 aromatic heterocycles. The molecule has 0 unspecified atom stereocenters. The van der Waals surface area contributed by atoms with Gasteiger partial charge in [-0.3, -0.25) is 9.59 Å². The van der Waals surface area contributed by atoms with E-state index < -0.39 is 0 Å². The van der Waals surface area contributed by atoms with Gasteiger partial charge >= 0.3 is 0 Å². The number of hydrogen-bond donors (Lipinski definition) is 0. The van der Waals surface area contributed by atoms with Gasteiger partial charge in [-0.2, -0.15) is 0 Å². The Morgan fingerprint density at radius 2 is 1.82 bits per heavy atom. The summed E-state index contributed by atoms with van der Waals surface area (Å²) < 4.78 is 18.3. The molecule has 0 N–H and O–H groups in total. The maximum atomic E-state index is 12.4. The van der Waals surface area contributed by atoms with Gasteiger partial charge in [0.15, 0.2) is 6.61 Å². The van der Waals surface area contributed by atoms with Gasteiger partial charge in [0.05, 0.1) is 7.11 Å². The molecule has 7 heteroatoms. The fourth-order valence-electron chi connectivity index (χ4n) is 3.15. The van der Waals surface area contributed by atoms with E-state index in [1.807, 2.05) is 25.1 Å². The van der Waals surface area contributed by atoms with Crippen molar-refractivity contribution in [1.29, 1.82) is 0 Å². The van der Waals surface area contributed by atoms with Crippen molar-refractivity contribution >= 4 is 5.91 Å².